The van der Waals surface area contributed by atoms with Crippen molar-refractivity contribution < 1.29 is 23.7 Å². The zero-order valence-electron chi connectivity index (χ0n) is 18.3. The summed E-state index contributed by atoms with van der Waals surface area (Å²) >= 11 is 23.9. The number of phosphoric ester groups is 1. The molecule has 4 N–H and O–H groups in total. The average Bonchev–Trinajstić information content (AvgIpc) is 2.82. The predicted octanol–water partition coefficient (Wildman–Crippen LogP) is 4.83. The minimum absolute atomic E-state index is 0.162. The summed E-state index contributed by atoms with van der Waals surface area (Å²) in [6, 6.07) is 17.9. The maximum Gasteiger partial charge on any atom is 0.471 e. The van der Waals surface area contributed by atoms with Crippen molar-refractivity contribution in [3.8, 4) is 0 Å². The zero-order valence-corrected chi connectivity index (χ0v) is 22.3. The fourth-order valence-electron chi connectivity index (χ4n) is 3.04. The molecule has 36 heavy (non-hydrogen) atoms. The first-order valence-corrected chi connectivity index (χ1v) is 13.2. The van der Waals surface area contributed by atoms with Gasteiger partial charge in [-0.2, -0.15) is 0 Å². The molecule has 2 aromatic carbocycles. The van der Waals surface area contributed by atoms with E-state index in [1.165, 1.54) is 6.08 Å². The summed E-state index contributed by atoms with van der Waals surface area (Å²) in [4.78, 5) is 36.5. The van der Waals surface area contributed by atoms with Crippen molar-refractivity contribution in [2.75, 3.05) is 12.0 Å². The zero-order chi connectivity index (χ0) is 26.3. The quantitative estimate of drug-likeness (QED) is 0.0962. The molecular formula is C22H20Cl3N4O5PS. The Hall–Kier alpha value is -2.27. The standard InChI is InChI=1S/C22H20Cl3N4O5PS/c23-22(24,25)20(28-18(30)12-11-15-6-2-1-3-7-15)29(14-34-35(31,32)33)21(36)27-17-10-4-8-16-9-5-13-26-19(16)17/h1-13,20H,14H2,(H,27,36)(H,28,30)(H2,31,32,33)/b12-11+. The van der Waals surface area contributed by atoms with Crippen LogP contribution in [0.15, 0.2) is 72.9 Å². The second-order valence-electron chi connectivity index (χ2n) is 7.23. The molecule has 0 saturated carbocycles. The summed E-state index contributed by atoms with van der Waals surface area (Å²) in [5.41, 5.74) is 1.79. The van der Waals surface area contributed by atoms with Crippen LogP contribution in [0.25, 0.3) is 17.0 Å². The van der Waals surface area contributed by atoms with E-state index in [0.29, 0.717) is 11.2 Å². The number of aromatic nitrogens is 1. The van der Waals surface area contributed by atoms with Crippen LogP contribution >= 0.6 is 54.8 Å². The van der Waals surface area contributed by atoms with Gasteiger partial charge in [0.2, 0.25) is 9.70 Å². The van der Waals surface area contributed by atoms with Gasteiger partial charge in [0.25, 0.3) is 0 Å². The maximum absolute atomic E-state index is 12.7. The van der Waals surface area contributed by atoms with E-state index < -0.39 is 30.4 Å². The van der Waals surface area contributed by atoms with Crippen molar-refractivity contribution >= 4 is 88.5 Å². The molecule has 1 heterocycles. The normalized spacial score (nSPS) is 12.9. The van der Waals surface area contributed by atoms with Gasteiger partial charge in [-0.05, 0) is 36.0 Å². The number of rotatable bonds is 8. The average molecular weight is 590 g/mol. The minimum Gasteiger partial charge on any atom is -0.331 e. The largest absolute Gasteiger partial charge is 0.471 e. The number of alkyl halides is 3. The fraction of sp³-hybridized carbons (Fsp3) is 0.136. The van der Waals surface area contributed by atoms with Crippen LogP contribution < -0.4 is 10.6 Å². The number of nitrogens with one attached hydrogen (secondary N) is 2. The molecule has 9 nitrogen and oxygen atoms in total. The number of carbonyl (C=O) groups is 1. The first kappa shape index (κ1) is 28.3. The number of pyridine rings is 1. The molecule has 0 radical (unpaired) electrons. The molecular weight excluding hydrogens is 570 g/mol. The monoisotopic (exact) mass is 588 g/mol. The molecule has 0 saturated heterocycles. The Labute approximate surface area is 227 Å². The van der Waals surface area contributed by atoms with Gasteiger partial charge in [0.05, 0.1) is 11.2 Å². The van der Waals surface area contributed by atoms with Crippen LogP contribution in [0.2, 0.25) is 0 Å². The van der Waals surface area contributed by atoms with Crippen LogP contribution in [-0.2, 0) is 13.9 Å². The first-order valence-electron chi connectivity index (χ1n) is 10.2. The molecule has 3 aromatic rings. The molecule has 0 spiro atoms. The molecule has 0 fully saturated rings. The molecule has 1 amide bonds. The van der Waals surface area contributed by atoms with Crippen molar-refractivity contribution in [1.29, 1.82) is 0 Å². The number of anilines is 1. The summed E-state index contributed by atoms with van der Waals surface area (Å²) < 4.78 is 13.9. The number of thiocarbonyl (C=S) groups is 1. The Balaban J connectivity index is 1.89. The Morgan fingerprint density at radius 3 is 2.50 bits per heavy atom. The smallest absolute Gasteiger partial charge is 0.331 e. The van der Waals surface area contributed by atoms with E-state index in [0.717, 1.165) is 15.8 Å². The van der Waals surface area contributed by atoms with E-state index in [2.05, 4.69) is 20.1 Å². The Morgan fingerprint density at radius 1 is 1.14 bits per heavy atom. The summed E-state index contributed by atoms with van der Waals surface area (Å²) in [6.45, 7) is -0.824. The summed E-state index contributed by atoms with van der Waals surface area (Å²) in [7, 11) is -4.96. The fourth-order valence-corrected chi connectivity index (χ4v) is 4.10. The topological polar surface area (TPSA) is 124 Å². The van der Waals surface area contributed by atoms with Gasteiger partial charge in [0.1, 0.15) is 6.73 Å². The molecule has 3 rings (SSSR count). The van der Waals surface area contributed by atoms with Gasteiger partial charge < -0.3 is 25.3 Å². The van der Waals surface area contributed by atoms with E-state index in [1.54, 1.807) is 54.7 Å². The number of benzene rings is 2. The van der Waals surface area contributed by atoms with E-state index in [-0.39, 0.29) is 5.11 Å². The second-order valence-corrected chi connectivity index (χ2v) is 11.2. The van der Waals surface area contributed by atoms with Gasteiger partial charge in [-0.1, -0.05) is 83.3 Å². The molecule has 1 atom stereocenters. The number of para-hydroxylation sites is 1. The first-order chi connectivity index (χ1) is 16.9. The number of hydrogen-bond donors (Lipinski definition) is 4. The third kappa shape index (κ3) is 8.40. The molecule has 0 aliphatic rings. The van der Waals surface area contributed by atoms with Gasteiger partial charge in [-0.25, -0.2) is 4.57 Å². The molecule has 190 valence electrons. The molecule has 0 bridgehead atoms. The number of halogens is 3. The van der Waals surface area contributed by atoms with E-state index in [1.807, 2.05) is 18.2 Å². The van der Waals surface area contributed by atoms with Crippen LogP contribution in [0, 0.1) is 0 Å². The van der Waals surface area contributed by atoms with Crippen molar-refractivity contribution in [2.24, 2.45) is 0 Å². The number of hydrogen-bond acceptors (Lipinski definition) is 5. The Kier molecular flexibility index (Phi) is 9.68. The molecule has 1 aromatic heterocycles. The van der Waals surface area contributed by atoms with Crippen molar-refractivity contribution in [1.82, 2.24) is 15.2 Å². The van der Waals surface area contributed by atoms with Gasteiger partial charge in [0, 0.05) is 17.7 Å². The maximum atomic E-state index is 12.7. The number of phosphoric acid groups is 1. The lowest BCUT2D eigenvalue weighted by molar-refractivity contribution is -0.118. The van der Waals surface area contributed by atoms with Crippen LogP contribution in [0.1, 0.15) is 5.56 Å². The van der Waals surface area contributed by atoms with Crippen LogP contribution in [-0.4, -0.2) is 47.4 Å². The lowest BCUT2D eigenvalue weighted by atomic mass is 10.2. The van der Waals surface area contributed by atoms with E-state index in [4.69, 9.17) is 47.0 Å². The van der Waals surface area contributed by atoms with Gasteiger partial charge in [-0.3, -0.25) is 14.3 Å². The number of amides is 1. The molecule has 14 heteroatoms. The second kappa shape index (κ2) is 12.3. The highest BCUT2D eigenvalue weighted by Crippen LogP contribution is 2.38. The highest BCUT2D eigenvalue weighted by molar-refractivity contribution is 7.80. The lowest BCUT2D eigenvalue weighted by Crippen LogP contribution is -2.58. The molecule has 1 unspecified atom stereocenters. The van der Waals surface area contributed by atoms with E-state index >= 15 is 0 Å². The van der Waals surface area contributed by atoms with Crippen molar-refractivity contribution in [2.45, 2.75) is 9.96 Å². The van der Waals surface area contributed by atoms with Crippen LogP contribution in [0.5, 0.6) is 0 Å². The summed E-state index contributed by atoms with van der Waals surface area (Å²) in [5, 5.41) is 6.06. The Bertz CT molecular complexity index is 1300. The van der Waals surface area contributed by atoms with Crippen LogP contribution in [0.3, 0.4) is 0 Å². The molecule has 0 aliphatic heterocycles. The molecule has 0 aliphatic carbocycles. The number of nitrogens with zero attached hydrogens (tertiary/aromatic N) is 2. The summed E-state index contributed by atoms with van der Waals surface area (Å²) in [5.74, 6) is -0.661. The van der Waals surface area contributed by atoms with Gasteiger partial charge in [0.15, 0.2) is 11.3 Å². The summed E-state index contributed by atoms with van der Waals surface area (Å²) in [6.07, 6.45) is 2.85. The SMILES string of the molecule is O=C(/C=C/c1ccccc1)NC(N(COP(=O)(O)O)C(=S)Nc1cccc2cccnc12)C(Cl)(Cl)Cl. The minimum atomic E-state index is -4.96. The lowest BCUT2D eigenvalue weighted by Gasteiger charge is -2.37. The third-order valence-corrected chi connectivity index (χ3v) is 6.04. The third-order valence-electron chi connectivity index (χ3n) is 4.63. The highest BCUT2D eigenvalue weighted by Gasteiger charge is 2.40. The predicted molar refractivity (Wildman–Crippen MR) is 145 cm³/mol. The van der Waals surface area contributed by atoms with Crippen molar-refractivity contribution in [3.05, 3.63) is 78.5 Å². The van der Waals surface area contributed by atoms with Crippen molar-refractivity contribution in [3.63, 3.8) is 0 Å². The van der Waals surface area contributed by atoms with Gasteiger partial charge in [-0.15, -0.1) is 0 Å². The number of fused-ring (bicyclic) bond motifs is 1. The Morgan fingerprint density at radius 2 is 1.83 bits per heavy atom. The van der Waals surface area contributed by atoms with E-state index in [9.17, 15) is 19.1 Å². The van der Waals surface area contributed by atoms with Gasteiger partial charge >= 0.3 is 7.82 Å². The van der Waals surface area contributed by atoms with Crippen LogP contribution in [0.4, 0.5) is 5.69 Å². The number of carbonyl (C=O) groups excluding carboxylic acids is 1. The highest BCUT2D eigenvalue weighted by atomic mass is 35.6.